The van der Waals surface area contributed by atoms with E-state index in [9.17, 15) is 9.90 Å². The summed E-state index contributed by atoms with van der Waals surface area (Å²) in [6.07, 6.45) is 1.80. The molecule has 0 spiro atoms. The molecule has 1 amide bonds. The largest absolute Gasteiger partial charge is 0.507 e. The maximum absolute atomic E-state index is 12.3. The highest BCUT2D eigenvalue weighted by molar-refractivity contribution is 9.10. The Bertz CT molecular complexity index is 599. The van der Waals surface area contributed by atoms with Crippen LogP contribution in [0.2, 0.25) is 0 Å². The van der Waals surface area contributed by atoms with Gasteiger partial charge in [-0.05, 0) is 45.6 Å². The Labute approximate surface area is 136 Å². The van der Waals surface area contributed by atoms with Gasteiger partial charge in [0.05, 0.1) is 9.38 Å². The third-order valence-corrected chi connectivity index (χ3v) is 4.70. The zero-order valence-electron chi connectivity index (χ0n) is 11.1. The van der Waals surface area contributed by atoms with Gasteiger partial charge in [0.15, 0.2) is 0 Å². The van der Waals surface area contributed by atoms with Crippen molar-refractivity contribution in [2.24, 2.45) is 5.92 Å². The lowest BCUT2D eigenvalue weighted by molar-refractivity contribution is -0.122. The SMILES string of the molecule is CC(C)CN1C(=O)C(=Cc2ccc(O)c(Br)c2)SC1=S. The fraction of sp³-hybridized carbons (Fsp3) is 0.286. The van der Waals surface area contributed by atoms with Crippen LogP contribution in [-0.2, 0) is 4.79 Å². The van der Waals surface area contributed by atoms with E-state index in [0.29, 0.717) is 26.2 Å². The van der Waals surface area contributed by atoms with Gasteiger partial charge in [-0.15, -0.1) is 0 Å². The fourth-order valence-corrected chi connectivity index (χ4v) is 3.46. The van der Waals surface area contributed by atoms with Gasteiger partial charge in [-0.3, -0.25) is 9.69 Å². The standard InChI is InChI=1S/C14H14BrNO2S2/c1-8(2)7-16-13(18)12(20-14(16)19)6-9-3-4-11(17)10(15)5-9/h3-6,8,17H,7H2,1-2H3. The second-order valence-corrected chi connectivity index (χ2v) is 7.43. The minimum Gasteiger partial charge on any atom is -0.507 e. The molecule has 6 heteroatoms. The molecule has 1 saturated heterocycles. The smallest absolute Gasteiger partial charge is 0.266 e. The lowest BCUT2D eigenvalue weighted by Gasteiger charge is -2.16. The van der Waals surface area contributed by atoms with E-state index in [-0.39, 0.29) is 11.7 Å². The van der Waals surface area contributed by atoms with Crippen LogP contribution in [0.1, 0.15) is 19.4 Å². The van der Waals surface area contributed by atoms with Gasteiger partial charge in [0, 0.05) is 6.54 Å². The van der Waals surface area contributed by atoms with Crippen molar-refractivity contribution in [3.8, 4) is 5.75 Å². The molecule has 0 bridgehead atoms. The Morgan fingerprint density at radius 1 is 1.50 bits per heavy atom. The Kier molecular flexibility index (Phi) is 4.88. The lowest BCUT2D eigenvalue weighted by atomic mass is 10.2. The molecule has 1 N–H and O–H groups in total. The first kappa shape index (κ1) is 15.5. The summed E-state index contributed by atoms with van der Waals surface area (Å²) in [6, 6.07) is 5.12. The molecule has 0 aliphatic carbocycles. The van der Waals surface area contributed by atoms with Crippen LogP contribution in [0.25, 0.3) is 6.08 Å². The number of nitrogens with zero attached hydrogens (tertiary/aromatic N) is 1. The molecule has 1 aliphatic rings. The van der Waals surface area contributed by atoms with Gasteiger partial charge in [-0.2, -0.15) is 0 Å². The number of hydrogen-bond donors (Lipinski definition) is 1. The molecule has 1 aromatic rings. The summed E-state index contributed by atoms with van der Waals surface area (Å²) in [5, 5.41) is 9.47. The third kappa shape index (κ3) is 3.42. The van der Waals surface area contributed by atoms with Crippen LogP contribution in [0.15, 0.2) is 27.6 Å². The molecule has 1 heterocycles. The number of amides is 1. The van der Waals surface area contributed by atoms with Gasteiger partial charge < -0.3 is 5.11 Å². The summed E-state index contributed by atoms with van der Waals surface area (Å²) >= 11 is 9.83. The van der Waals surface area contributed by atoms with Crippen LogP contribution in [0.5, 0.6) is 5.75 Å². The molecule has 106 valence electrons. The molecule has 0 aromatic heterocycles. The minimum absolute atomic E-state index is 0.0436. The molecule has 1 fully saturated rings. The first-order valence-corrected chi connectivity index (χ1v) is 8.14. The van der Waals surface area contributed by atoms with Crippen molar-refractivity contribution >= 4 is 56.2 Å². The van der Waals surface area contributed by atoms with Crippen molar-refractivity contribution in [3.63, 3.8) is 0 Å². The van der Waals surface area contributed by atoms with Gasteiger partial charge in [-0.1, -0.05) is 43.9 Å². The van der Waals surface area contributed by atoms with Crippen molar-refractivity contribution in [1.29, 1.82) is 0 Å². The molecule has 20 heavy (non-hydrogen) atoms. The quantitative estimate of drug-likeness (QED) is 0.643. The van der Waals surface area contributed by atoms with E-state index in [2.05, 4.69) is 29.8 Å². The molecule has 1 aliphatic heterocycles. The molecular formula is C14H14BrNO2S2. The van der Waals surface area contributed by atoms with Crippen LogP contribution in [-0.4, -0.2) is 26.8 Å². The maximum atomic E-state index is 12.3. The Balaban J connectivity index is 2.25. The molecule has 2 rings (SSSR count). The van der Waals surface area contributed by atoms with E-state index >= 15 is 0 Å². The average molecular weight is 372 g/mol. The van der Waals surface area contributed by atoms with E-state index in [0.717, 1.165) is 5.56 Å². The molecular weight excluding hydrogens is 358 g/mol. The number of carbonyl (C=O) groups excluding carboxylic acids is 1. The van der Waals surface area contributed by atoms with Crippen molar-refractivity contribution in [2.45, 2.75) is 13.8 Å². The van der Waals surface area contributed by atoms with Gasteiger partial charge >= 0.3 is 0 Å². The summed E-state index contributed by atoms with van der Waals surface area (Å²) in [4.78, 5) is 14.6. The average Bonchev–Trinajstić information content (AvgIpc) is 2.61. The number of rotatable bonds is 3. The number of phenols is 1. The van der Waals surface area contributed by atoms with Crippen LogP contribution in [0.3, 0.4) is 0 Å². The van der Waals surface area contributed by atoms with Gasteiger partial charge in [0.1, 0.15) is 10.1 Å². The van der Waals surface area contributed by atoms with E-state index in [4.69, 9.17) is 12.2 Å². The van der Waals surface area contributed by atoms with E-state index in [1.807, 2.05) is 0 Å². The highest BCUT2D eigenvalue weighted by Gasteiger charge is 2.32. The normalized spacial score (nSPS) is 17.6. The Hall–Kier alpha value is -0.850. The number of benzene rings is 1. The van der Waals surface area contributed by atoms with Gasteiger partial charge in [-0.25, -0.2) is 0 Å². The Morgan fingerprint density at radius 2 is 2.20 bits per heavy atom. The highest BCUT2D eigenvalue weighted by atomic mass is 79.9. The van der Waals surface area contributed by atoms with Crippen molar-refractivity contribution in [2.75, 3.05) is 6.54 Å². The summed E-state index contributed by atoms with van der Waals surface area (Å²) in [5.41, 5.74) is 0.847. The first-order chi connectivity index (χ1) is 9.38. The predicted octanol–water partition coefficient (Wildman–Crippen LogP) is 4.01. The minimum atomic E-state index is -0.0436. The van der Waals surface area contributed by atoms with E-state index in [1.54, 1.807) is 29.2 Å². The van der Waals surface area contributed by atoms with E-state index in [1.165, 1.54) is 11.8 Å². The number of aromatic hydroxyl groups is 1. The molecule has 1 aromatic carbocycles. The van der Waals surface area contributed by atoms with Crippen LogP contribution in [0, 0.1) is 5.92 Å². The van der Waals surface area contributed by atoms with Crippen LogP contribution >= 0.6 is 39.9 Å². The van der Waals surface area contributed by atoms with Crippen molar-refractivity contribution < 1.29 is 9.90 Å². The molecule has 3 nitrogen and oxygen atoms in total. The maximum Gasteiger partial charge on any atom is 0.266 e. The van der Waals surface area contributed by atoms with Crippen molar-refractivity contribution in [1.82, 2.24) is 4.90 Å². The second kappa shape index (κ2) is 6.28. The van der Waals surface area contributed by atoms with E-state index < -0.39 is 0 Å². The zero-order chi connectivity index (χ0) is 14.9. The van der Waals surface area contributed by atoms with Gasteiger partial charge in [0.2, 0.25) is 0 Å². The topological polar surface area (TPSA) is 40.5 Å². The summed E-state index contributed by atoms with van der Waals surface area (Å²) < 4.78 is 1.21. The number of carbonyl (C=O) groups is 1. The van der Waals surface area contributed by atoms with Crippen LogP contribution < -0.4 is 0 Å². The number of hydrogen-bond acceptors (Lipinski definition) is 4. The van der Waals surface area contributed by atoms with Gasteiger partial charge in [0.25, 0.3) is 5.91 Å². The van der Waals surface area contributed by atoms with Crippen LogP contribution in [0.4, 0.5) is 0 Å². The number of halogens is 1. The molecule has 0 atom stereocenters. The fourth-order valence-electron chi connectivity index (χ4n) is 1.79. The number of phenolic OH excluding ortho intramolecular Hbond substituents is 1. The number of thioether (sulfide) groups is 1. The molecule has 0 unspecified atom stereocenters. The highest BCUT2D eigenvalue weighted by Crippen LogP contribution is 2.34. The molecule has 0 radical (unpaired) electrons. The van der Waals surface area contributed by atoms with Crippen molar-refractivity contribution in [3.05, 3.63) is 33.1 Å². The first-order valence-electron chi connectivity index (χ1n) is 6.12. The second-order valence-electron chi connectivity index (χ2n) is 4.90. The summed E-state index contributed by atoms with van der Waals surface area (Å²) in [6.45, 7) is 4.75. The summed E-state index contributed by atoms with van der Waals surface area (Å²) in [5.74, 6) is 0.507. The number of thiocarbonyl (C=S) groups is 1. The predicted molar refractivity (Wildman–Crippen MR) is 90.5 cm³/mol. The lowest BCUT2D eigenvalue weighted by Crippen LogP contribution is -2.31. The Morgan fingerprint density at radius 3 is 2.80 bits per heavy atom. The monoisotopic (exact) mass is 371 g/mol. The zero-order valence-corrected chi connectivity index (χ0v) is 14.3. The third-order valence-electron chi connectivity index (χ3n) is 2.69. The summed E-state index contributed by atoms with van der Waals surface area (Å²) in [7, 11) is 0. The molecule has 0 saturated carbocycles.